The van der Waals surface area contributed by atoms with E-state index in [0.29, 0.717) is 0 Å². The van der Waals surface area contributed by atoms with E-state index >= 15 is 0 Å². The van der Waals surface area contributed by atoms with E-state index in [0.717, 1.165) is 170 Å². The van der Waals surface area contributed by atoms with Crippen LogP contribution >= 0.6 is 0 Å². The van der Waals surface area contributed by atoms with E-state index in [1.807, 2.05) is 195 Å². The van der Waals surface area contributed by atoms with Crippen LogP contribution in [0.3, 0.4) is 0 Å². The van der Waals surface area contributed by atoms with Gasteiger partial charge in [-0.2, -0.15) is 0 Å². The second-order valence-corrected chi connectivity index (χ2v) is 30.1. The van der Waals surface area contributed by atoms with Gasteiger partial charge in [-0.25, -0.2) is 29.9 Å². The van der Waals surface area contributed by atoms with Crippen LogP contribution in [0.25, 0.3) is 137 Å². The summed E-state index contributed by atoms with van der Waals surface area (Å²) in [4.78, 5) is 81.0. The Hall–Kier alpha value is -13.8. The second kappa shape index (κ2) is 45.4. The van der Waals surface area contributed by atoms with Crippen molar-refractivity contribution < 1.29 is 50.3 Å². The third-order valence-electron chi connectivity index (χ3n) is 19.0. The Balaban J connectivity index is 0.000000156. The van der Waals surface area contributed by atoms with Gasteiger partial charge in [0.05, 0.1) is 137 Å². The molecule has 0 saturated heterocycles. The topological polar surface area (TPSA) is 232 Å². The molecule has 18 nitrogen and oxygen atoms in total. The van der Waals surface area contributed by atoms with Crippen molar-refractivity contribution in [1.29, 1.82) is 0 Å². The molecule has 18 rings (SSSR count). The summed E-state index contributed by atoms with van der Waals surface area (Å²) >= 11 is 0. The summed E-state index contributed by atoms with van der Waals surface area (Å²) in [5, 5.41) is 0. The molecule has 2 radical (unpaired) electrons. The van der Waals surface area contributed by atoms with Gasteiger partial charge in [0.1, 0.15) is 0 Å². The molecule has 0 aliphatic heterocycles. The SMILES string of the molecule is Cc1cc(-c2ccccn2)nc(-c2ccccn2)c1.Cc1cc(-c2ccccn2)nc(-c2ccccn2)c1.Cc1ccnc(-c2cc(C)cc(-c3cc(C)ccn3)n2)c1.Cc1ccnc(-c2cc(C)cc(-c3cc(C)ccn3)n2)c1.Cc1ccnc(-c2cc(C)cc(-c3cc(C)ccn3)n2)c1.Cc1ccnc(-c2cc(C)cc(-c3cc(C)ccn3)n2)c1.[Co+2].[Co+2].[Co+3]. The molecule has 21 heteroatoms. The van der Waals surface area contributed by atoms with E-state index in [9.17, 15) is 0 Å². The largest absolute Gasteiger partial charge is 3.00 e. The van der Waals surface area contributed by atoms with Crippen molar-refractivity contribution in [2.24, 2.45) is 0 Å². The van der Waals surface area contributed by atoms with Crippen molar-refractivity contribution >= 4 is 0 Å². The number of aryl methyl sites for hydroxylation is 14. The molecule has 0 bridgehead atoms. The van der Waals surface area contributed by atoms with E-state index in [-0.39, 0.29) is 50.3 Å². The smallest absolute Gasteiger partial charge is 0.255 e. The van der Waals surface area contributed by atoms with Crippen molar-refractivity contribution in [3.8, 4) is 137 Å². The normalized spacial score (nSPS) is 10.3. The number of hydrogen-bond donors (Lipinski definition) is 0. The second-order valence-electron chi connectivity index (χ2n) is 30.1. The van der Waals surface area contributed by atoms with E-state index in [1.165, 1.54) is 44.5 Å². The maximum atomic E-state index is 4.73. The van der Waals surface area contributed by atoms with Gasteiger partial charge in [0.2, 0.25) is 0 Å². The maximum absolute atomic E-state index is 4.73. The van der Waals surface area contributed by atoms with Gasteiger partial charge in [0.25, 0.3) is 0 Å². The van der Waals surface area contributed by atoms with Crippen LogP contribution in [0.15, 0.2) is 317 Å². The summed E-state index contributed by atoms with van der Waals surface area (Å²) in [6, 6.07) is 80.2. The standard InChI is InChI=1S/4C18H17N3.2C16H13N3.3Co/c4*1-12-4-6-19-15(8-12)17-10-14(3)11-18(21-17)16-9-13(2)5-7-20-16;2*1-12-10-15(13-6-2-4-8-17-13)19-16(11-12)14-7-3-5-9-18-14;;;/h4*4-11H,1-3H3;2*2-11H,1H3;;;/q;;;;;;2*+2;+3. The molecule has 0 atom stereocenters. The van der Waals surface area contributed by atoms with Gasteiger partial charge in [-0.15, -0.1) is 0 Å². The molecule has 18 aromatic rings. The summed E-state index contributed by atoms with van der Waals surface area (Å²) in [6.07, 6.45) is 21.7. The zero-order valence-electron chi connectivity index (χ0n) is 72.1. The third kappa shape index (κ3) is 27.1. The van der Waals surface area contributed by atoms with Gasteiger partial charge < -0.3 is 0 Å². The Morgan fingerprint density at radius 3 is 0.344 bits per heavy atom. The van der Waals surface area contributed by atoms with Crippen molar-refractivity contribution in [3.63, 3.8) is 0 Å². The van der Waals surface area contributed by atoms with Gasteiger partial charge >= 0.3 is 50.3 Å². The number of rotatable bonds is 12. The summed E-state index contributed by atoms with van der Waals surface area (Å²) in [7, 11) is 0. The van der Waals surface area contributed by atoms with Gasteiger partial charge in [-0.05, 0) is 393 Å². The number of hydrogen-bond acceptors (Lipinski definition) is 18. The molecule has 0 amide bonds. The predicted molar refractivity (Wildman–Crippen MR) is 491 cm³/mol. The first-order chi connectivity index (χ1) is 59.1. The number of nitrogens with zero attached hydrogens (tertiary/aromatic N) is 18. The summed E-state index contributed by atoms with van der Waals surface area (Å²) in [6.45, 7) is 28.9. The first-order valence-electron chi connectivity index (χ1n) is 40.1. The first-order valence-corrected chi connectivity index (χ1v) is 40.1. The fourth-order valence-corrected chi connectivity index (χ4v) is 13.0. The molecule has 0 aliphatic rings. The van der Waals surface area contributed by atoms with Crippen LogP contribution in [0.5, 0.6) is 0 Å². The zero-order valence-corrected chi connectivity index (χ0v) is 75.2. The van der Waals surface area contributed by atoms with Crippen molar-refractivity contribution in [2.75, 3.05) is 0 Å². The minimum absolute atomic E-state index is 0. The fraction of sp³-hybridized carbons (Fsp3) is 0.135. The molecule has 0 spiro atoms. The minimum atomic E-state index is 0. The van der Waals surface area contributed by atoms with Crippen LogP contribution in [0.4, 0.5) is 0 Å². The van der Waals surface area contributed by atoms with Gasteiger partial charge in [0.15, 0.2) is 0 Å². The molecule has 0 saturated carbocycles. The Kier molecular flexibility index (Phi) is 33.9. The number of aromatic nitrogens is 18. The zero-order chi connectivity index (χ0) is 85.4. The van der Waals surface area contributed by atoms with Crippen molar-refractivity contribution in [2.45, 2.75) is 96.9 Å². The Morgan fingerprint density at radius 2 is 0.232 bits per heavy atom. The summed E-state index contributed by atoms with van der Waals surface area (Å²) in [5.74, 6) is 0. The van der Waals surface area contributed by atoms with Crippen LogP contribution in [-0.4, -0.2) is 89.7 Å². The third-order valence-corrected chi connectivity index (χ3v) is 19.0. The maximum Gasteiger partial charge on any atom is 3.00 e. The van der Waals surface area contributed by atoms with E-state index in [2.05, 4.69) is 264 Å². The molecule has 0 fully saturated rings. The number of pyridine rings is 18. The Morgan fingerprint density at radius 1 is 0.120 bits per heavy atom. The predicted octanol–water partition coefficient (Wildman–Crippen LogP) is 23.5. The molecule has 0 aromatic carbocycles. The van der Waals surface area contributed by atoms with Crippen LogP contribution in [-0.2, 0) is 50.3 Å². The molecule has 0 unspecified atom stereocenters. The minimum Gasteiger partial charge on any atom is -0.255 e. The molecule has 18 aromatic heterocycles. The average Bonchev–Trinajstić information content (AvgIpc) is 0.841. The van der Waals surface area contributed by atoms with Gasteiger partial charge in [-0.1, -0.05) is 24.3 Å². The van der Waals surface area contributed by atoms with Crippen LogP contribution in [0.2, 0.25) is 0 Å². The Bertz CT molecular complexity index is 5570. The van der Waals surface area contributed by atoms with Crippen LogP contribution in [0, 0.1) is 96.9 Å². The molecule has 125 heavy (non-hydrogen) atoms. The van der Waals surface area contributed by atoms with Crippen molar-refractivity contribution in [3.05, 3.63) is 395 Å². The molecule has 0 N–H and O–H groups in total. The average molecular weight is 1770 g/mol. The molecule has 18 heterocycles. The van der Waals surface area contributed by atoms with Gasteiger partial charge in [0, 0.05) is 74.4 Å². The molecular formula is C104H94Co3N18+7. The van der Waals surface area contributed by atoms with E-state index in [1.54, 1.807) is 24.8 Å². The van der Waals surface area contributed by atoms with Gasteiger partial charge in [-0.3, -0.25) is 59.8 Å². The summed E-state index contributed by atoms with van der Waals surface area (Å²) in [5.41, 5.74) is 37.6. The van der Waals surface area contributed by atoms with E-state index in [4.69, 9.17) is 19.9 Å². The van der Waals surface area contributed by atoms with Crippen LogP contribution in [0.1, 0.15) is 77.9 Å². The molecule has 620 valence electrons. The van der Waals surface area contributed by atoms with Crippen LogP contribution < -0.4 is 0 Å². The monoisotopic (exact) mass is 1770 g/mol. The molecule has 0 aliphatic carbocycles. The van der Waals surface area contributed by atoms with E-state index < -0.39 is 0 Å². The summed E-state index contributed by atoms with van der Waals surface area (Å²) < 4.78 is 0. The fourth-order valence-electron chi connectivity index (χ4n) is 13.0. The molecular weight excluding hydrogens is 1680 g/mol. The Labute approximate surface area is 762 Å². The van der Waals surface area contributed by atoms with Crippen molar-refractivity contribution in [1.82, 2.24) is 89.7 Å². The quantitative estimate of drug-likeness (QED) is 0.111. The first kappa shape index (κ1) is 93.5.